The number of carbonyl (C=O) groups excluding carboxylic acids is 1. The van der Waals surface area contributed by atoms with Gasteiger partial charge in [0.25, 0.3) is 11.5 Å². The molecule has 0 radical (unpaired) electrons. The molecule has 8 heteroatoms. The molecule has 1 amide bonds. The third-order valence-corrected chi connectivity index (χ3v) is 4.95. The minimum atomic E-state index is -0.686. The van der Waals surface area contributed by atoms with Crippen molar-refractivity contribution in [3.8, 4) is 6.07 Å². The van der Waals surface area contributed by atoms with E-state index in [-0.39, 0.29) is 27.6 Å². The van der Waals surface area contributed by atoms with Gasteiger partial charge in [0.2, 0.25) is 0 Å². The summed E-state index contributed by atoms with van der Waals surface area (Å²) < 4.78 is 16.6. The molecule has 0 bridgehead atoms. The number of hydrogen-bond donors (Lipinski definition) is 0. The molecule has 1 aromatic carbocycles. The predicted molar refractivity (Wildman–Crippen MR) is 113 cm³/mol. The summed E-state index contributed by atoms with van der Waals surface area (Å²) in [6.45, 7) is 4.16. The Kier molecular flexibility index (Phi) is 5.17. The summed E-state index contributed by atoms with van der Waals surface area (Å²) in [7, 11) is 0. The van der Waals surface area contributed by atoms with E-state index < -0.39 is 11.7 Å². The van der Waals surface area contributed by atoms with Crippen LogP contribution in [-0.4, -0.2) is 19.9 Å². The van der Waals surface area contributed by atoms with E-state index in [9.17, 15) is 19.2 Å². The number of aromatic nitrogens is 3. The van der Waals surface area contributed by atoms with Crippen LogP contribution in [0.4, 0.5) is 4.39 Å². The molecule has 154 valence electrons. The van der Waals surface area contributed by atoms with Gasteiger partial charge in [0.1, 0.15) is 23.2 Å². The highest BCUT2D eigenvalue weighted by molar-refractivity contribution is 5.95. The second kappa shape index (κ2) is 7.95. The molecule has 0 spiro atoms. The van der Waals surface area contributed by atoms with E-state index in [0.29, 0.717) is 24.3 Å². The first-order chi connectivity index (χ1) is 14.9. The van der Waals surface area contributed by atoms with Crippen molar-refractivity contribution in [1.29, 1.82) is 5.26 Å². The normalized spacial score (nSPS) is 11.7. The molecule has 4 aromatic rings. The van der Waals surface area contributed by atoms with Gasteiger partial charge < -0.3 is 4.57 Å². The SMILES string of the molecule is CCCn1c(=NC(=O)c2cccc(F)c2)c(C#N)cc2c(=O)n3cccc(C)c3nc21. The van der Waals surface area contributed by atoms with E-state index in [1.165, 1.54) is 28.7 Å². The second-order valence-electron chi connectivity index (χ2n) is 7.11. The highest BCUT2D eigenvalue weighted by atomic mass is 19.1. The van der Waals surface area contributed by atoms with Gasteiger partial charge in [0.05, 0.1) is 10.9 Å². The molecule has 31 heavy (non-hydrogen) atoms. The van der Waals surface area contributed by atoms with Crippen LogP contribution in [0, 0.1) is 24.1 Å². The molecule has 3 aromatic heterocycles. The lowest BCUT2D eigenvalue weighted by Gasteiger charge is -2.13. The summed E-state index contributed by atoms with van der Waals surface area (Å²) in [5, 5.41) is 9.98. The van der Waals surface area contributed by atoms with Gasteiger partial charge >= 0.3 is 0 Å². The second-order valence-corrected chi connectivity index (χ2v) is 7.11. The van der Waals surface area contributed by atoms with Crippen LogP contribution in [-0.2, 0) is 6.54 Å². The summed E-state index contributed by atoms with van der Waals surface area (Å²) in [5.41, 5.74) is 1.54. The molecule has 7 nitrogen and oxygen atoms in total. The van der Waals surface area contributed by atoms with Crippen molar-refractivity contribution >= 4 is 22.6 Å². The Balaban J connectivity index is 2.12. The number of nitrogens with zero attached hydrogens (tertiary/aromatic N) is 5. The van der Waals surface area contributed by atoms with Gasteiger partial charge in [-0.15, -0.1) is 0 Å². The van der Waals surface area contributed by atoms with Crippen molar-refractivity contribution in [1.82, 2.24) is 14.0 Å². The molecule has 0 aliphatic heterocycles. The van der Waals surface area contributed by atoms with Gasteiger partial charge in [-0.1, -0.05) is 19.1 Å². The zero-order valence-electron chi connectivity index (χ0n) is 17.0. The van der Waals surface area contributed by atoms with E-state index in [1.807, 2.05) is 26.0 Å². The summed E-state index contributed by atoms with van der Waals surface area (Å²) in [4.78, 5) is 34.6. The minimum absolute atomic E-state index is 0.0643. The Bertz CT molecular complexity index is 1530. The zero-order valence-corrected chi connectivity index (χ0v) is 17.0. The minimum Gasteiger partial charge on any atom is -0.309 e. The zero-order chi connectivity index (χ0) is 22.1. The fourth-order valence-electron chi connectivity index (χ4n) is 3.51. The van der Waals surface area contributed by atoms with Crippen molar-refractivity contribution in [2.75, 3.05) is 0 Å². The van der Waals surface area contributed by atoms with Crippen molar-refractivity contribution in [3.63, 3.8) is 0 Å². The highest BCUT2D eigenvalue weighted by Crippen LogP contribution is 2.13. The van der Waals surface area contributed by atoms with Crippen LogP contribution in [0.25, 0.3) is 16.7 Å². The Morgan fingerprint density at radius 1 is 1.23 bits per heavy atom. The van der Waals surface area contributed by atoms with Gasteiger partial charge in [-0.3, -0.25) is 14.0 Å². The summed E-state index contributed by atoms with van der Waals surface area (Å²) in [6.07, 6.45) is 2.28. The average Bonchev–Trinajstić information content (AvgIpc) is 2.76. The molecule has 3 heterocycles. The quantitative estimate of drug-likeness (QED) is 0.481. The summed E-state index contributed by atoms with van der Waals surface area (Å²) in [5.74, 6) is -1.24. The van der Waals surface area contributed by atoms with Gasteiger partial charge in [-0.25, -0.2) is 9.37 Å². The lowest BCUT2D eigenvalue weighted by atomic mass is 10.2. The average molecular weight is 415 g/mol. The molecule has 0 fully saturated rings. The monoisotopic (exact) mass is 415 g/mol. The highest BCUT2D eigenvalue weighted by Gasteiger charge is 2.16. The first-order valence-corrected chi connectivity index (χ1v) is 9.75. The van der Waals surface area contributed by atoms with Gasteiger partial charge in [0, 0.05) is 18.3 Å². The third kappa shape index (κ3) is 3.51. The molecular formula is C23H18FN5O2. The van der Waals surface area contributed by atoms with Crippen LogP contribution in [0.5, 0.6) is 0 Å². The Labute approximate surface area is 176 Å². The smallest absolute Gasteiger partial charge is 0.279 e. The topological polar surface area (TPSA) is 92.5 Å². The number of nitriles is 1. The van der Waals surface area contributed by atoms with Crippen LogP contribution >= 0.6 is 0 Å². The Morgan fingerprint density at radius 3 is 2.74 bits per heavy atom. The first-order valence-electron chi connectivity index (χ1n) is 9.75. The number of halogens is 1. The maximum Gasteiger partial charge on any atom is 0.279 e. The van der Waals surface area contributed by atoms with Crippen molar-refractivity contribution in [2.45, 2.75) is 26.8 Å². The van der Waals surface area contributed by atoms with Crippen molar-refractivity contribution in [3.05, 3.63) is 87.0 Å². The van der Waals surface area contributed by atoms with Crippen LogP contribution in [0.15, 0.2) is 58.4 Å². The number of aryl methyl sites for hydroxylation is 2. The molecule has 4 rings (SSSR count). The summed E-state index contributed by atoms with van der Waals surface area (Å²) in [6, 6.07) is 12.2. The lowest BCUT2D eigenvalue weighted by molar-refractivity contribution is 0.0996. The molecule has 0 N–H and O–H groups in total. The molecule has 0 saturated heterocycles. The van der Waals surface area contributed by atoms with E-state index in [1.54, 1.807) is 16.8 Å². The van der Waals surface area contributed by atoms with Crippen LogP contribution in [0.3, 0.4) is 0 Å². The fraction of sp³-hybridized carbons (Fsp3) is 0.174. The number of rotatable bonds is 3. The number of hydrogen-bond acceptors (Lipinski definition) is 4. The van der Waals surface area contributed by atoms with Gasteiger partial charge in [-0.2, -0.15) is 10.3 Å². The van der Waals surface area contributed by atoms with Crippen LogP contribution in [0.1, 0.15) is 34.8 Å². The first kappa shape index (κ1) is 20.2. The lowest BCUT2D eigenvalue weighted by Crippen LogP contribution is -2.29. The molecule has 0 saturated carbocycles. The van der Waals surface area contributed by atoms with E-state index in [4.69, 9.17) is 0 Å². The number of benzene rings is 1. The largest absolute Gasteiger partial charge is 0.309 e. The molecule has 0 aliphatic rings. The Morgan fingerprint density at radius 2 is 2.03 bits per heavy atom. The van der Waals surface area contributed by atoms with Crippen LogP contribution < -0.4 is 11.0 Å². The van der Waals surface area contributed by atoms with Gasteiger partial charge in [-0.05, 0) is 49.2 Å². The van der Waals surface area contributed by atoms with E-state index in [2.05, 4.69) is 9.98 Å². The van der Waals surface area contributed by atoms with Crippen LogP contribution in [0.2, 0.25) is 0 Å². The molecule has 0 unspecified atom stereocenters. The van der Waals surface area contributed by atoms with Crippen molar-refractivity contribution < 1.29 is 9.18 Å². The van der Waals surface area contributed by atoms with Crippen molar-refractivity contribution in [2.24, 2.45) is 4.99 Å². The van der Waals surface area contributed by atoms with Gasteiger partial charge in [0.15, 0.2) is 5.49 Å². The maximum absolute atomic E-state index is 13.6. The number of fused-ring (bicyclic) bond motifs is 2. The maximum atomic E-state index is 13.6. The fourth-order valence-corrected chi connectivity index (χ4v) is 3.51. The third-order valence-electron chi connectivity index (χ3n) is 4.95. The standard InChI is InChI=1S/C23H18FN5O2/c1-3-9-28-20(27-22(30)15-7-4-8-17(24)11-15)16(13-25)12-18-21(28)26-19-14(2)6-5-10-29(19)23(18)31/h4-8,10-12H,3,9H2,1-2H3. The van der Waals surface area contributed by atoms with E-state index in [0.717, 1.165) is 11.6 Å². The number of carbonyl (C=O) groups is 1. The number of amides is 1. The molecule has 0 aliphatic carbocycles. The molecule has 0 atom stereocenters. The number of pyridine rings is 2. The predicted octanol–water partition coefficient (Wildman–Crippen LogP) is 3.12. The Hall–Kier alpha value is -4.12. The van der Waals surface area contributed by atoms with E-state index >= 15 is 0 Å². The molecular weight excluding hydrogens is 397 g/mol. The summed E-state index contributed by atoms with van der Waals surface area (Å²) >= 11 is 0.